The summed E-state index contributed by atoms with van der Waals surface area (Å²) in [6.45, 7) is 2.14. The summed E-state index contributed by atoms with van der Waals surface area (Å²) in [6, 6.07) is 5.12. The summed E-state index contributed by atoms with van der Waals surface area (Å²) in [5.41, 5.74) is 1.52. The van der Waals surface area contributed by atoms with Crippen molar-refractivity contribution in [3.8, 4) is 0 Å². The van der Waals surface area contributed by atoms with Crippen molar-refractivity contribution in [2.75, 3.05) is 13.1 Å². The number of benzene rings is 1. The van der Waals surface area contributed by atoms with Crippen LogP contribution < -0.4 is 5.32 Å². The average molecular weight is 219 g/mol. The second-order valence-electron chi connectivity index (χ2n) is 4.40. The van der Waals surface area contributed by atoms with Gasteiger partial charge in [0.1, 0.15) is 5.52 Å². The highest BCUT2D eigenvalue weighted by atomic mass is 19.1. The first-order valence-corrected chi connectivity index (χ1v) is 5.67. The minimum atomic E-state index is -0.246. The van der Waals surface area contributed by atoms with Crippen LogP contribution in [0.3, 0.4) is 0 Å². The van der Waals surface area contributed by atoms with Crippen LogP contribution in [-0.4, -0.2) is 23.3 Å². The van der Waals surface area contributed by atoms with Crippen molar-refractivity contribution in [2.24, 2.45) is 5.92 Å². The highest BCUT2D eigenvalue weighted by Crippen LogP contribution is 2.22. The van der Waals surface area contributed by atoms with Crippen LogP contribution in [0.15, 0.2) is 18.2 Å². The van der Waals surface area contributed by atoms with Crippen molar-refractivity contribution in [3.63, 3.8) is 0 Å². The van der Waals surface area contributed by atoms with Gasteiger partial charge in [-0.3, -0.25) is 5.10 Å². The fourth-order valence-electron chi connectivity index (χ4n) is 2.39. The summed E-state index contributed by atoms with van der Waals surface area (Å²) in [7, 11) is 0. The van der Waals surface area contributed by atoms with Crippen molar-refractivity contribution in [1.29, 1.82) is 0 Å². The molecule has 1 aliphatic rings. The zero-order valence-electron chi connectivity index (χ0n) is 8.96. The molecular weight excluding hydrogens is 205 g/mol. The Hall–Kier alpha value is -1.42. The van der Waals surface area contributed by atoms with Crippen molar-refractivity contribution in [3.05, 3.63) is 29.7 Å². The summed E-state index contributed by atoms with van der Waals surface area (Å²) in [5, 5.41) is 11.3. The molecule has 1 aliphatic heterocycles. The summed E-state index contributed by atoms with van der Waals surface area (Å²) in [5.74, 6) is 0.400. The second-order valence-corrected chi connectivity index (χ2v) is 4.40. The van der Waals surface area contributed by atoms with Gasteiger partial charge >= 0.3 is 0 Å². The number of hydrogen-bond donors (Lipinski definition) is 2. The molecule has 0 saturated carbocycles. The number of para-hydroxylation sites is 1. The molecule has 4 heteroatoms. The minimum Gasteiger partial charge on any atom is -0.316 e. The maximum atomic E-state index is 13.4. The smallest absolute Gasteiger partial charge is 0.151 e. The summed E-state index contributed by atoms with van der Waals surface area (Å²) in [4.78, 5) is 0. The Labute approximate surface area is 93.0 Å². The van der Waals surface area contributed by atoms with Crippen molar-refractivity contribution in [1.82, 2.24) is 15.5 Å². The van der Waals surface area contributed by atoms with E-state index in [0.29, 0.717) is 11.4 Å². The number of aromatic amines is 1. The molecular formula is C12H14FN3. The van der Waals surface area contributed by atoms with Crippen molar-refractivity contribution < 1.29 is 4.39 Å². The van der Waals surface area contributed by atoms with Crippen molar-refractivity contribution in [2.45, 2.75) is 12.8 Å². The molecule has 3 rings (SSSR count). The molecule has 1 aromatic carbocycles. The van der Waals surface area contributed by atoms with Crippen molar-refractivity contribution >= 4 is 10.9 Å². The van der Waals surface area contributed by atoms with Gasteiger partial charge in [-0.2, -0.15) is 5.10 Å². The Bertz CT molecular complexity index is 500. The summed E-state index contributed by atoms with van der Waals surface area (Å²) in [6.07, 6.45) is 2.14. The molecule has 3 nitrogen and oxygen atoms in total. The number of fused-ring (bicyclic) bond motifs is 1. The lowest BCUT2D eigenvalue weighted by molar-refractivity contribution is 0.573. The monoisotopic (exact) mass is 219 g/mol. The number of halogens is 1. The van der Waals surface area contributed by atoms with Crippen LogP contribution in [-0.2, 0) is 6.42 Å². The van der Waals surface area contributed by atoms with Gasteiger partial charge in [0.25, 0.3) is 0 Å². The Kier molecular flexibility index (Phi) is 2.36. The van der Waals surface area contributed by atoms with E-state index in [1.807, 2.05) is 6.07 Å². The van der Waals surface area contributed by atoms with Gasteiger partial charge < -0.3 is 5.32 Å². The standard InChI is InChI=1S/C12H14FN3/c13-10-3-1-2-9-11(15-16-12(9)10)6-8-4-5-14-7-8/h1-3,8,14H,4-7H2,(H,15,16). The van der Waals surface area contributed by atoms with Gasteiger partial charge in [-0.15, -0.1) is 0 Å². The van der Waals surface area contributed by atoms with Crippen LogP contribution in [0.1, 0.15) is 12.1 Å². The molecule has 2 aromatic rings. The van der Waals surface area contributed by atoms with E-state index in [4.69, 9.17) is 0 Å². The Balaban J connectivity index is 1.94. The number of nitrogens with one attached hydrogen (secondary N) is 2. The molecule has 1 unspecified atom stereocenters. The predicted molar refractivity (Wildman–Crippen MR) is 60.7 cm³/mol. The molecule has 1 fully saturated rings. The molecule has 84 valence electrons. The number of hydrogen-bond acceptors (Lipinski definition) is 2. The zero-order valence-corrected chi connectivity index (χ0v) is 8.96. The summed E-state index contributed by atoms with van der Waals surface area (Å²) >= 11 is 0. The van der Waals surface area contributed by atoms with Crippen LogP contribution in [0.2, 0.25) is 0 Å². The molecule has 0 aliphatic carbocycles. The molecule has 0 radical (unpaired) electrons. The van der Waals surface area contributed by atoms with Gasteiger partial charge in [-0.05, 0) is 37.9 Å². The SMILES string of the molecule is Fc1cccc2c(CC3CCNC3)[nH]nc12. The Morgan fingerprint density at radius 2 is 2.38 bits per heavy atom. The lowest BCUT2D eigenvalue weighted by Gasteiger charge is -2.05. The summed E-state index contributed by atoms with van der Waals surface area (Å²) < 4.78 is 13.4. The normalized spacial score (nSPS) is 20.7. The van der Waals surface area contributed by atoms with E-state index in [1.54, 1.807) is 6.07 Å². The van der Waals surface area contributed by atoms with Gasteiger partial charge in [0, 0.05) is 11.1 Å². The molecule has 1 saturated heterocycles. The fraction of sp³-hybridized carbons (Fsp3) is 0.417. The van der Waals surface area contributed by atoms with E-state index in [0.717, 1.165) is 30.6 Å². The third-order valence-corrected chi connectivity index (χ3v) is 3.27. The first kappa shape index (κ1) is 9.78. The number of nitrogens with zero attached hydrogens (tertiary/aromatic N) is 1. The molecule has 16 heavy (non-hydrogen) atoms. The number of H-pyrrole nitrogens is 1. The molecule has 2 N–H and O–H groups in total. The third-order valence-electron chi connectivity index (χ3n) is 3.27. The van der Waals surface area contributed by atoms with E-state index in [-0.39, 0.29) is 5.82 Å². The van der Waals surface area contributed by atoms with Gasteiger partial charge in [0.2, 0.25) is 0 Å². The Morgan fingerprint density at radius 1 is 1.44 bits per heavy atom. The Morgan fingerprint density at radius 3 is 3.19 bits per heavy atom. The molecule has 1 atom stereocenters. The molecule has 1 aromatic heterocycles. The van der Waals surface area contributed by atoms with E-state index in [2.05, 4.69) is 15.5 Å². The first-order valence-electron chi connectivity index (χ1n) is 5.67. The topological polar surface area (TPSA) is 40.7 Å². The fourth-order valence-corrected chi connectivity index (χ4v) is 2.39. The van der Waals surface area contributed by atoms with Gasteiger partial charge in [-0.1, -0.05) is 12.1 Å². The molecule has 0 bridgehead atoms. The van der Waals surface area contributed by atoms with Crippen LogP contribution >= 0.6 is 0 Å². The predicted octanol–water partition coefficient (Wildman–Crippen LogP) is 1.85. The van der Waals surface area contributed by atoms with Crippen LogP contribution in [0.5, 0.6) is 0 Å². The molecule has 2 heterocycles. The van der Waals surface area contributed by atoms with E-state index in [9.17, 15) is 4.39 Å². The average Bonchev–Trinajstić information content (AvgIpc) is 2.90. The lowest BCUT2D eigenvalue weighted by atomic mass is 10.0. The second kappa shape index (κ2) is 3.87. The van der Waals surface area contributed by atoms with E-state index >= 15 is 0 Å². The number of rotatable bonds is 2. The van der Waals surface area contributed by atoms with Gasteiger partial charge in [0.15, 0.2) is 5.82 Å². The third kappa shape index (κ3) is 1.59. The minimum absolute atomic E-state index is 0.246. The maximum Gasteiger partial charge on any atom is 0.151 e. The van der Waals surface area contributed by atoms with Crippen LogP contribution in [0.25, 0.3) is 10.9 Å². The zero-order chi connectivity index (χ0) is 11.0. The quantitative estimate of drug-likeness (QED) is 0.809. The highest BCUT2D eigenvalue weighted by molar-refractivity contribution is 5.81. The van der Waals surface area contributed by atoms with E-state index in [1.165, 1.54) is 12.5 Å². The first-order chi connectivity index (χ1) is 7.84. The lowest BCUT2D eigenvalue weighted by Crippen LogP contribution is -2.11. The van der Waals surface area contributed by atoms with E-state index < -0.39 is 0 Å². The molecule has 0 amide bonds. The molecule has 0 spiro atoms. The van der Waals surface area contributed by atoms with Gasteiger partial charge in [0.05, 0.1) is 0 Å². The maximum absolute atomic E-state index is 13.4. The highest BCUT2D eigenvalue weighted by Gasteiger charge is 2.18. The number of aromatic nitrogens is 2. The van der Waals surface area contributed by atoms with Gasteiger partial charge in [-0.25, -0.2) is 4.39 Å². The van der Waals surface area contributed by atoms with Crippen LogP contribution in [0, 0.1) is 11.7 Å². The van der Waals surface area contributed by atoms with Crippen LogP contribution in [0.4, 0.5) is 4.39 Å². The largest absolute Gasteiger partial charge is 0.316 e.